The van der Waals surface area contributed by atoms with Crippen LogP contribution in [0.3, 0.4) is 0 Å². The molecule has 1 aliphatic carbocycles. The van der Waals surface area contributed by atoms with Crippen molar-refractivity contribution >= 4 is 11.3 Å². The Morgan fingerprint density at radius 3 is 2.83 bits per heavy atom. The topological polar surface area (TPSA) is 45.4 Å². The molecular formula is C17H24N4OS. The second-order valence-corrected chi connectivity index (χ2v) is 7.68. The number of hydrogen-bond donors (Lipinski definition) is 0. The Hall–Kier alpha value is -1.24. The number of hydrogen-bond acceptors (Lipinski definition) is 6. The molecule has 3 heterocycles. The highest BCUT2D eigenvalue weighted by Gasteiger charge is 2.31. The summed E-state index contributed by atoms with van der Waals surface area (Å²) in [6, 6.07) is 4.60. The van der Waals surface area contributed by atoms with Crippen molar-refractivity contribution in [3.8, 4) is 0 Å². The summed E-state index contributed by atoms with van der Waals surface area (Å²) >= 11 is 1.86. The van der Waals surface area contributed by atoms with Crippen molar-refractivity contribution < 1.29 is 4.52 Å². The van der Waals surface area contributed by atoms with Gasteiger partial charge >= 0.3 is 0 Å². The van der Waals surface area contributed by atoms with Crippen LogP contribution in [-0.2, 0) is 6.42 Å². The molecule has 0 bridgehead atoms. The van der Waals surface area contributed by atoms with Crippen molar-refractivity contribution in [1.82, 2.24) is 19.9 Å². The van der Waals surface area contributed by atoms with Gasteiger partial charge in [0.05, 0.1) is 6.04 Å². The molecule has 0 aromatic carbocycles. The molecule has 0 amide bonds. The number of rotatable bonds is 6. The molecule has 4 rings (SSSR count). The van der Waals surface area contributed by atoms with Gasteiger partial charge in [0.2, 0.25) is 5.89 Å². The van der Waals surface area contributed by atoms with Crippen LogP contribution in [0.1, 0.15) is 48.3 Å². The zero-order valence-electron chi connectivity index (χ0n) is 13.6. The fourth-order valence-electron chi connectivity index (χ4n) is 3.18. The van der Waals surface area contributed by atoms with Crippen molar-refractivity contribution in [2.24, 2.45) is 0 Å². The number of piperazine rings is 1. The normalized spacial score (nSPS) is 21.6. The van der Waals surface area contributed by atoms with Crippen LogP contribution in [-0.4, -0.2) is 52.7 Å². The van der Waals surface area contributed by atoms with Crippen molar-refractivity contribution in [3.63, 3.8) is 0 Å². The first-order valence-corrected chi connectivity index (χ1v) is 9.50. The van der Waals surface area contributed by atoms with Crippen LogP contribution in [0.5, 0.6) is 0 Å². The Morgan fingerprint density at radius 2 is 2.13 bits per heavy atom. The molecule has 5 nitrogen and oxygen atoms in total. The summed E-state index contributed by atoms with van der Waals surface area (Å²) < 4.78 is 5.49. The lowest BCUT2D eigenvalue weighted by atomic mass is 10.2. The van der Waals surface area contributed by atoms with Crippen LogP contribution in [0.25, 0.3) is 0 Å². The zero-order chi connectivity index (χ0) is 15.6. The first-order chi connectivity index (χ1) is 11.3. The van der Waals surface area contributed by atoms with Crippen molar-refractivity contribution in [2.75, 3.05) is 32.7 Å². The van der Waals surface area contributed by atoms with Crippen LogP contribution in [0.2, 0.25) is 0 Å². The first-order valence-electron chi connectivity index (χ1n) is 8.62. The van der Waals surface area contributed by atoms with E-state index in [2.05, 4.69) is 44.4 Å². The molecule has 124 valence electrons. The molecular weight excluding hydrogens is 308 g/mol. The number of aromatic nitrogens is 2. The molecule has 2 aliphatic rings. The van der Waals surface area contributed by atoms with Crippen LogP contribution < -0.4 is 0 Å². The minimum absolute atomic E-state index is 0.231. The highest BCUT2D eigenvalue weighted by molar-refractivity contribution is 7.09. The third-order valence-corrected chi connectivity index (χ3v) is 5.90. The van der Waals surface area contributed by atoms with Gasteiger partial charge in [0.1, 0.15) is 0 Å². The van der Waals surface area contributed by atoms with E-state index >= 15 is 0 Å². The molecule has 2 aromatic heterocycles. The SMILES string of the molecule is CC(c1nc(C2CC2)no1)N1CCN(CCc2cccs2)CC1. The molecule has 0 radical (unpaired) electrons. The van der Waals surface area contributed by atoms with Gasteiger partial charge < -0.3 is 9.42 Å². The second-order valence-electron chi connectivity index (χ2n) is 6.65. The molecule has 1 saturated heterocycles. The molecule has 6 heteroatoms. The highest BCUT2D eigenvalue weighted by atomic mass is 32.1. The summed E-state index contributed by atoms with van der Waals surface area (Å²) in [5, 5.41) is 6.31. The summed E-state index contributed by atoms with van der Waals surface area (Å²) in [5.74, 6) is 2.27. The molecule has 2 aromatic rings. The van der Waals surface area contributed by atoms with Crippen LogP contribution in [0, 0.1) is 0 Å². The molecule has 23 heavy (non-hydrogen) atoms. The molecule has 0 N–H and O–H groups in total. The average molecular weight is 332 g/mol. The molecule has 2 fully saturated rings. The van der Waals surface area contributed by atoms with Crippen molar-refractivity contribution in [3.05, 3.63) is 34.1 Å². The van der Waals surface area contributed by atoms with Crippen LogP contribution in [0.4, 0.5) is 0 Å². The quantitative estimate of drug-likeness (QED) is 0.814. The van der Waals surface area contributed by atoms with Gasteiger partial charge in [0.15, 0.2) is 5.82 Å². The van der Waals surface area contributed by atoms with E-state index in [9.17, 15) is 0 Å². The number of thiophene rings is 1. The summed E-state index contributed by atoms with van der Waals surface area (Å²) in [6.07, 6.45) is 3.61. The van der Waals surface area contributed by atoms with Gasteiger partial charge in [0, 0.05) is 43.5 Å². The first kappa shape index (κ1) is 15.3. The Labute approximate surface area is 141 Å². The minimum atomic E-state index is 0.231. The lowest BCUT2D eigenvalue weighted by Crippen LogP contribution is -2.47. The van der Waals surface area contributed by atoms with E-state index in [1.165, 1.54) is 24.1 Å². The summed E-state index contributed by atoms with van der Waals surface area (Å²) in [6.45, 7) is 7.75. The molecule has 0 spiro atoms. The fourth-order valence-corrected chi connectivity index (χ4v) is 3.88. The van der Waals surface area contributed by atoms with Gasteiger partial charge in [0.25, 0.3) is 0 Å². The van der Waals surface area contributed by atoms with Crippen LogP contribution in [0.15, 0.2) is 22.0 Å². The Balaban J connectivity index is 1.26. The largest absolute Gasteiger partial charge is 0.338 e. The molecule has 1 atom stereocenters. The van der Waals surface area contributed by atoms with E-state index < -0.39 is 0 Å². The van der Waals surface area contributed by atoms with E-state index in [0.29, 0.717) is 5.92 Å². The predicted octanol–water partition coefficient (Wildman–Crippen LogP) is 2.93. The van der Waals surface area contributed by atoms with E-state index in [1.807, 2.05) is 11.3 Å². The molecule has 1 aliphatic heterocycles. The van der Waals surface area contributed by atoms with Gasteiger partial charge in [-0.3, -0.25) is 4.90 Å². The van der Waals surface area contributed by atoms with Crippen LogP contribution >= 0.6 is 11.3 Å². The maximum atomic E-state index is 5.49. The Kier molecular flexibility index (Phi) is 4.46. The Bertz CT molecular complexity index is 614. The van der Waals surface area contributed by atoms with Crippen molar-refractivity contribution in [2.45, 2.75) is 38.1 Å². The third kappa shape index (κ3) is 3.65. The fraction of sp³-hybridized carbons (Fsp3) is 0.647. The second kappa shape index (κ2) is 6.71. The maximum absolute atomic E-state index is 5.49. The van der Waals surface area contributed by atoms with Gasteiger partial charge in [-0.1, -0.05) is 11.2 Å². The minimum Gasteiger partial charge on any atom is -0.338 e. The van der Waals surface area contributed by atoms with E-state index in [-0.39, 0.29) is 6.04 Å². The predicted molar refractivity (Wildman–Crippen MR) is 90.7 cm³/mol. The highest BCUT2D eigenvalue weighted by Crippen LogP contribution is 2.38. The smallest absolute Gasteiger partial charge is 0.243 e. The van der Waals surface area contributed by atoms with Gasteiger partial charge in [-0.05, 0) is 37.6 Å². The van der Waals surface area contributed by atoms with Gasteiger partial charge in [-0.2, -0.15) is 4.98 Å². The van der Waals surface area contributed by atoms with Gasteiger partial charge in [-0.25, -0.2) is 0 Å². The maximum Gasteiger partial charge on any atom is 0.243 e. The summed E-state index contributed by atoms with van der Waals surface area (Å²) in [4.78, 5) is 11.1. The number of nitrogens with zero attached hydrogens (tertiary/aromatic N) is 4. The monoisotopic (exact) mass is 332 g/mol. The molecule has 1 saturated carbocycles. The lowest BCUT2D eigenvalue weighted by Gasteiger charge is -2.36. The standard InChI is InChI=1S/C17H24N4OS/c1-13(17-18-16(19-22-17)14-4-5-14)21-10-8-20(9-11-21)7-6-15-3-2-12-23-15/h2-3,12-14H,4-11H2,1H3. The van der Waals surface area contributed by atoms with E-state index in [1.54, 1.807) is 0 Å². The summed E-state index contributed by atoms with van der Waals surface area (Å²) in [7, 11) is 0. The summed E-state index contributed by atoms with van der Waals surface area (Å²) in [5.41, 5.74) is 0. The lowest BCUT2D eigenvalue weighted by molar-refractivity contribution is 0.0891. The zero-order valence-corrected chi connectivity index (χ0v) is 14.5. The Morgan fingerprint density at radius 1 is 1.30 bits per heavy atom. The van der Waals surface area contributed by atoms with E-state index in [4.69, 9.17) is 4.52 Å². The molecule has 1 unspecified atom stereocenters. The third-order valence-electron chi connectivity index (χ3n) is 4.97. The average Bonchev–Trinajstić information content (AvgIpc) is 3.11. The van der Waals surface area contributed by atoms with Crippen molar-refractivity contribution in [1.29, 1.82) is 0 Å². The van der Waals surface area contributed by atoms with Gasteiger partial charge in [-0.15, -0.1) is 11.3 Å². The van der Waals surface area contributed by atoms with E-state index in [0.717, 1.165) is 44.4 Å².